The van der Waals surface area contributed by atoms with Crippen LogP contribution in [-0.2, 0) is 0 Å². The maximum Gasteiger partial charge on any atom is 0.120 e. The quantitative estimate of drug-likeness (QED) is 0.784. The number of nitrogens with two attached hydrogens (primary N) is 1. The molecule has 0 bridgehead atoms. The minimum Gasteiger partial charge on any atom is -0.488 e. The van der Waals surface area contributed by atoms with Gasteiger partial charge < -0.3 is 10.5 Å². The Labute approximate surface area is 104 Å². The van der Waals surface area contributed by atoms with Gasteiger partial charge in [0.25, 0.3) is 0 Å². The van der Waals surface area contributed by atoms with Crippen LogP contribution >= 0.6 is 0 Å². The lowest BCUT2D eigenvalue weighted by atomic mass is 10.0. The third-order valence-electron chi connectivity index (χ3n) is 2.41. The normalized spacial score (nSPS) is 13.2. The average Bonchev–Trinajstić information content (AvgIpc) is 2.24. The van der Waals surface area contributed by atoms with Gasteiger partial charge in [-0.2, -0.15) is 0 Å². The second-order valence-electron chi connectivity index (χ2n) is 5.26. The summed E-state index contributed by atoms with van der Waals surface area (Å²) in [6.07, 6.45) is 3.78. The minimum atomic E-state index is -0.160. The summed E-state index contributed by atoms with van der Waals surface area (Å²) in [5.41, 5.74) is 7.06. The molecule has 0 saturated heterocycles. The molecule has 1 aromatic rings. The first kappa shape index (κ1) is 13.8. The van der Waals surface area contributed by atoms with Gasteiger partial charge in [0.15, 0.2) is 0 Å². The largest absolute Gasteiger partial charge is 0.488 e. The van der Waals surface area contributed by atoms with E-state index < -0.39 is 0 Å². The average molecular weight is 233 g/mol. The molecule has 0 aromatic heterocycles. The summed E-state index contributed by atoms with van der Waals surface area (Å²) in [7, 11) is 0. The maximum absolute atomic E-state index is 6.07. The van der Waals surface area contributed by atoms with E-state index in [4.69, 9.17) is 10.5 Å². The van der Waals surface area contributed by atoms with Crippen LogP contribution in [-0.4, -0.2) is 5.60 Å². The Morgan fingerprint density at radius 1 is 1.29 bits per heavy atom. The molecular weight excluding hydrogens is 210 g/mol. The first-order valence-electron chi connectivity index (χ1n) is 6.08. The predicted octanol–water partition coefficient (Wildman–Crippen LogP) is 3.83. The summed E-state index contributed by atoms with van der Waals surface area (Å²) in [6.45, 7) is 9.82. The van der Waals surface area contributed by atoms with Crippen LogP contribution in [0.25, 0.3) is 0 Å². The van der Waals surface area contributed by atoms with Crippen molar-refractivity contribution in [1.82, 2.24) is 0 Å². The van der Waals surface area contributed by atoms with E-state index in [2.05, 4.69) is 6.58 Å². The van der Waals surface area contributed by atoms with Crippen LogP contribution in [0.3, 0.4) is 0 Å². The van der Waals surface area contributed by atoms with Crippen LogP contribution in [0.5, 0.6) is 5.75 Å². The number of hydrogen-bond donors (Lipinski definition) is 1. The van der Waals surface area contributed by atoms with Crippen LogP contribution < -0.4 is 10.5 Å². The van der Waals surface area contributed by atoms with Crippen molar-refractivity contribution in [3.63, 3.8) is 0 Å². The molecule has 2 nitrogen and oxygen atoms in total. The highest BCUT2D eigenvalue weighted by atomic mass is 16.5. The van der Waals surface area contributed by atoms with E-state index in [1.807, 2.05) is 51.1 Å². The van der Waals surface area contributed by atoms with E-state index in [0.29, 0.717) is 0 Å². The van der Waals surface area contributed by atoms with Crippen molar-refractivity contribution in [2.45, 2.75) is 45.3 Å². The molecule has 2 N–H and O–H groups in total. The van der Waals surface area contributed by atoms with Gasteiger partial charge in [-0.1, -0.05) is 18.2 Å². The van der Waals surface area contributed by atoms with Crippen LogP contribution in [0.1, 0.15) is 45.2 Å². The van der Waals surface area contributed by atoms with Crippen molar-refractivity contribution in [3.8, 4) is 5.75 Å². The molecule has 1 atom stereocenters. The van der Waals surface area contributed by atoms with Crippen molar-refractivity contribution in [2.75, 3.05) is 0 Å². The topological polar surface area (TPSA) is 35.2 Å². The molecule has 1 rings (SSSR count). The molecule has 0 radical (unpaired) electrons. The molecule has 94 valence electrons. The molecule has 0 unspecified atom stereocenters. The molecule has 0 spiro atoms. The number of ether oxygens (including phenoxy) is 1. The Morgan fingerprint density at radius 2 is 1.88 bits per heavy atom. The fourth-order valence-corrected chi connectivity index (χ4v) is 1.60. The van der Waals surface area contributed by atoms with Gasteiger partial charge in [-0.25, -0.2) is 0 Å². The third-order valence-corrected chi connectivity index (χ3v) is 2.41. The van der Waals surface area contributed by atoms with Crippen molar-refractivity contribution >= 4 is 0 Å². The van der Waals surface area contributed by atoms with E-state index in [0.717, 1.165) is 24.2 Å². The van der Waals surface area contributed by atoms with Crippen molar-refractivity contribution in [2.24, 2.45) is 5.73 Å². The van der Waals surface area contributed by atoms with Crippen LogP contribution in [0.2, 0.25) is 0 Å². The smallest absolute Gasteiger partial charge is 0.120 e. The first-order valence-corrected chi connectivity index (χ1v) is 6.08. The highest BCUT2D eigenvalue weighted by Crippen LogP contribution is 2.22. The molecule has 2 heteroatoms. The second-order valence-corrected chi connectivity index (χ2v) is 5.26. The highest BCUT2D eigenvalue weighted by Gasteiger charge is 2.12. The van der Waals surface area contributed by atoms with Gasteiger partial charge in [0.05, 0.1) is 0 Å². The monoisotopic (exact) mass is 233 g/mol. The van der Waals surface area contributed by atoms with Crippen LogP contribution in [0.4, 0.5) is 0 Å². The molecule has 0 aliphatic carbocycles. The number of rotatable bonds is 5. The van der Waals surface area contributed by atoms with Gasteiger partial charge in [0.1, 0.15) is 11.4 Å². The third kappa shape index (κ3) is 5.05. The summed E-state index contributed by atoms with van der Waals surface area (Å²) >= 11 is 0. The van der Waals surface area contributed by atoms with Crippen molar-refractivity contribution in [1.29, 1.82) is 0 Å². The van der Waals surface area contributed by atoms with Gasteiger partial charge in [-0.3, -0.25) is 0 Å². The fourth-order valence-electron chi connectivity index (χ4n) is 1.60. The Kier molecular flexibility index (Phi) is 4.76. The van der Waals surface area contributed by atoms with E-state index in [-0.39, 0.29) is 11.6 Å². The Hall–Kier alpha value is -1.28. The summed E-state index contributed by atoms with van der Waals surface area (Å²) in [5, 5.41) is 0. The predicted molar refractivity (Wildman–Crippen MR) is 73.2 cm³/mol. The zero-order valence-corrected chi connectivity index (χ0v) is 11.1. The van der Waals surface area contributed by atoms with Gasteiger partial charge in [0, 0.05) is 6.04 Å². The van der Waals surface area contributed by atoms with Crippen LogP contribution in [0.15, 0.2) is 36.9 Å². The maximum atomic E-state index is 6.07. The van der Waals surface area contributed by atoms with Crippen molar-refractivity contribution < 1.29 is 4.74 Å². The van der Waals surface area contributed by atoms with Crippen molar-refractivity contribution in [3.05, 3.63) is 42.5 Å². The number of allylic oxidation sites excluding steroid dienone is 1. The minimum absolute atomic E-state index is 0.0803. The molecule has 0 amide bonds. The highest BCUT2D eigenvalue weighted by molar-refractivity contribution is 5.29. The van der Waals surface area contributed by atoms with Gasteiger partial charge >= 0.3 is 0 Å². The SMILES string of the molecule is C=CCC[C@@H](N)c1ccc(OC(C)(C)C)cc1. The number of benzene rings is 1. The molecule has 0 fully saturated rings. The fraction of sp³-hybridized carbons (Fsp3) is 0.467. The molecular formula is C15H23NO. The lowest BCUT2D eigenvalue weighted by Gasteiger charge is -2.21. The second kappa shape index (κ2) is 5.87. The molecule has 0 aliphatic heterocycles. The van der Waals surface area contributed by atoms with Crippen LogP contribution in [0, 0.1) is 0 Å². The lowest BCUT2D eigenvalue weighted by molar-refractivity contribution is 0.131. The summed E-state index contributed by atoms with van der Waals surface area (Å²) in [6, 6.07) is 8.11. The summed E-state index contributed by atoms with van der Waals surface area (Å²) in [4.78, 5) is 0. The molecule has 0 saturated carbocycles. The Balaban J connectivity index is 2.64. The zero-order valence-electron chi connectivity index (χ0n) is 11.1. The van der Waals surface area contributed by atoms with E-state index in [1.54, 1.807) is 0 Å². The Morgan fingerprint density at radius 3 is 2.35 bits per heavy atom. The van der Waals surface area contributed by atoms with E-state index >= 15 is 0 Å². The zero-order chi connectivity index (χ0) is 12.9. The van der Waals surface area contributed by atoms with Gasteiger partial charge in [0.2, 0.25) is 0 Å². The first-order chi connectivity index (χ1) is 7.92. The van der Waals surface area contributed by atoms with E-state index in [1.165, 1.54) is 0 Å². The lowest BCUT2D eigenvalue weighted by Crippen LogP contribution is -2.22. The molecule has 0 heterocycles. The number of hydrogen-bond acceptors (Lipinski definition) is 2. The van der Waals surface area contributed by atoms with E-state index in [9.17, 15) is 0 Å². The molecule has 1 aromatic carbocycles. The van der Waals surface area contributed by atoms with Gasteiger partial charge in [-0.15, -0.1) is 6.58 Å². The molecule has 17 heavy (non-hydrogen) atoms. The Bertz CT molecular complexity index is 348. The molecule has 0 aliphatic rings. The summed E-state index contributed by atoms with van der Waals surface area (Å²) in [5.74, 6) is 0.886. The summed E-state index contributed by atoms with van der Waals surface area (Å²) < 4.78 is 5.76. The standard InChI is InChI=1S/C15H23NO/c1-5-6-7-14(16)12-8-10-13(11-9-12)17-15(2,3)4/h5,8-11,14H,1,6-7,16H2,2-4H3/t14-/m1/s1. The van der Waals surface area contributed by atoms with Gasteiger partial charge in [-0.05, 0) is 51.3 Å².